The fourth-order valence-electron chi connectivity index (χ4n) is 2.79. The Morgan fingerprint density at radius 2 is 1.52 bits per heavy atom. The maximum absolute atomic E-state index is 13.6. The second kappa shape index (κ2) is 5.61. The first-order chi connectivity index (χ1) is 11.3. The van der Waals surface area contributed by atoms with E-state index in [1.165, 1.54) is 6.07 Å². The Morgan fingerprint density at radius 3 is 2.30 bits per heavy atom. The Balaban J connectivity index is 1.91. The third kappa shape index (κ3) is 2.57. The number of hydrogen-bond acceptors (Lipinski definition) is 2. The van der Waals surface area contributed by atoms with Gasteiger partial charge in [-0.05, 0) is 46.5 Å². The van der Waals surface area contributed by atoms with Crippen molar-refractivity contribution in [2.45, 2.75) is 0 Å². The molecule has 0 bridgehead atoms. The van der Waals surface area contributed by atoms with Crippen molar-refractivity contribution < 1.29 is 4.39 Å². The van der Waals surface area contributed by atoms with Gasteiger partial charge >= 0.3 is 0 Å². The van der Waals surface area contributed by atoms with Crippen molar-refractivity contribution in [3.05, 3.63) is 85.1 Å². The molecular formula is C20H13FN2. The SMILES string of the molecule is Fc1cccc(-c2ccccc2-c2ccc3ncncc3c2)c1. The van der Waals surface area contributed by atoms with Crippen LogP contribution in [0.5, 0.6) is 0 Å². The molecule has 110 valence electrons. The van der Waals surface area contributed by atoms with Crippen LogP contribution < -0.4 is 0 Å². The molecule has 0 saturated heterocycles. The van der Waals surface area contributed by atoms with E-state index in [2.05, 4.69) is 16.0 Å². The van der Waals surface area contributed by atoms with Gasteiger partial charge in [0.2, 0.25) is 0 Å². The molecule has 23 heavy (non-hydrogen) atoms. The molecule has 1 aromatic heterocycles. The largest absolute Gasteiger partial charge is 0.244 e. The van der Waals surface area contributed by atoms with Crippen molar-refractivity contribution >= 4 is 10.9 Å². The molecule has 3 heteroatoms. The van der Waals surface area contributed by atoms with Crippen molar-refractivity contribution in [2.24, 2.45) is 0 Å². The Morgan fingerprint density at radius 1 is 0.739 bits per heavy atom. The lowest BCUT2D eigenvalue weighted by Gasteiger charge is -2.11. The zero-order valence-electron chi connectivity index (χ0n) is 12.3. The van der Waals surface area contributed by atoms with Crippen LogP contribution in [0.3, 0.4) is 0 Å². The van der Waals surface area contributed by atoms with Crippen molar-refractivity contribution in [3.63, 3.8) is 0 Å². The number of aromatic nitrogens is 2. The third-order valence-electron chi connectivity index (χ3n) is 3.88. The van der Waals surface area contributed by atoms with Crippen molar-refractivity contribution in [3.8, 4) is 22.3 Å². The molecule has 0 atom stereocenters. The summed E-state index contributed by atoms with van der Waals surface area (Å²) in [5.74, 6) is -0.232. The summed E-state index contributed by atoms with van der Waals surface area (Å²) in [6.45, 7) is 0. The molecule has 4 aromatic rings. The highest BCUT2D eigenvalue weighted by Gasteiger charge is 2.08. The molecule has 0 aliphatic carbocycles. The van der Waals surface area contributed by atoms with Crippen LogP contribution in [-0.2, 0) is 0 Å². The molecule has 0 aliphatic rings. The molecule has 0 saturated carbocycles. The minimum atomic E-state index is -0.232. The number of fused-ring (bicyclic) bond motifs is 1. The predicted molar refractivity (Wildman–Crippen MR) is 90.4 cm³/mol. The standard InChI is InChI=1S/C20H13FN2/c21-17-5-3-4-14(11-17)18-6-1-2-7-19(18)15-8-9-20-16(10-15)12-22-13-23-20/h1-13H. The van der Waals surface area contributed by atoms with Gasteiger partial charge in [0, 0.05) is 11.6 Å². The third-order valence-corrected chi connectivity index (χ3v) is 3.88. The van der Waals surface area contributed by atoms with Gasteiger partial charge in [-0.3, -0.25) is 0 Å². The predicted octanol–water partition coefficient (Wildman–Crippen LogP) is 5.10. The fourth-order valence-corrected chi connectivity index (χ4v) is 2.79. The van der Waals surface area contributed by atoms with Crippen LogP contribution in [0, 0.1) is 5.82 Å². The van der Waals surface area contributed by atoms with Crippen LogP contribution in [-0.4, -0.2) is 9.97 Å². The lowest BCUT2D eigenvalue weighted by Crippen LogP contribution is -1.87. The van der Waals surface area contributed by atoms with Crippen LogP contribution in [0.25, 0.3) is 33.2 Å². The van der Waals surface area contributed by atoms with Gasteiger partial charge in [0.25, 0.3) is 0 Å². The summed E-state index contributed by atoms with van der Waals surface area (Å²) in [5, 5.41) is 0.985. The summed E-state index contributed by atoms with van der Waals surface area (Å²) in [4.78, 5) is 8.33. The molecule has 1 heterocycles. The van der Waals surface area contributed by atoms with E-state index in [1.807, 2.05) is 42.5 Å². The molecule has 4 rings (SSSR count). The highest BCUT2D eigenvalue weighted by Crippen LogP contribution is 2.33. The van der Waals surface area contributed by atoms with Gasteiger partial charge in [-0.15, -0.1) is 0 Å². The Kier molecular flexibility index (Phi) is 3.31. The van der Waals surface area contributed by atoms with E-state index in [-0.39, 0.29) is 5.82 Å². The Hall–Kier alpha value is -3.07. The quantitative estimate of drug-likeness (QED) is 0.514. The zero-order chi connectivity index (χ0) is 15.6. The second-order valence-electron chi connectivity index (χ2n) is 5.35. The Bertz CT molecular complexity index is 995. The second-order valence-corrected chi connectivity index (χ2v) is 5.35. The Labute approximate surface area is 133 Å². The summed E-state index contributed by atoms with van der Waals surface area (Å²) in [7, 11) is 0. The average Bonchev–Trinajstić information content (AvgIpc) is 2.61. The van der Waals surface area contributed by atoms with Crippen LogP contribution in [0.1, 0.15) is 0 Å². The monoisotopic (exact) mass is 300 g/mol. The number of rotatable bonds is 2. The maximum atomic E-state index is 13.6. The molecule has 0 unspecified atom stereocenters. The summed E-state index contributed by atoms with van der Waals surface area (Å²) in [6, 6.07) is 20.8. The van der Waals surface area contributed by atoms with E-state index in [1.54, 1.807) is 24.7 Å². The number of benzene rings is 3. The normalized spacial score (nSPS) is 10.8. The summed E-state index contributed by atoms with van der Waals surface area (Å²) >= 11 is 0. The topological polar surface area (TPSA) is 25.8 Å². The van der Waals surface area contributed by atoms with Crippen molar-refractivity contribution in [2.75, 3.05) is 0 Å². The van der Waals surface area contributed by atoms with Gasteiger partial charge < -0.3 is 0 Å². The summed E-state index contributed by atoms with van der Waals surface area (Å²) in [5.41, 5.74) is 4.90. The van der Waals surface area contributed by atoms with E-state index in [4.69, 9.17) is 0 Å². The van der Waals surface area contributed by atoms with Crippen molar-refractivity contribution in [1.29, 1.82) is 0 Å². The molecular weight excluding hydrogens is 287 g/mol. The molecule has 0 radical (unpaired) electrons. The molecule has 0 spiro atoms. The number of halogens is 1. The van der Waals surface area contributed by atoms with E-state index >= 15 is 0 Å². The highest BCUT2D eigenvalue weighted by molar-refractivity contribution is 5.89. The van der Waals surface area contributed by atoms with Gasteiger partial charge in [-0.2, -0.15) is 0 Å². The molecule has 0 N–H and O–H groups in total. The van der Waals surface area contributed by atoms with Crippen LogP contribution in [0.2, 0.25) is 0 Å². The van der Waals surface area contributed by atoms with E-state index in [0.29, 0.717) is 0 Å². The molecule has 0 fully saturated rings. The lowest BCUT2D eigenvalue weighted by atomic mass is 9.94. The van der Waals surface area contributed by atoms with Gasteiger partial charge in [0.1, 0.15) is 12.1 Å². The van der Waals surface area contributed by atoms with E-state index < -0.39 is 0 Å². The maximum Gasteiger partial charge on any atom is 0.123 e. The highest BCUT2D eigenvalue weighted by atomic mass is 19.1. The first kappa shape index (κ1) is 13.6. The number of nitrogens with zero attached hydrogens (tertiary/aromatic N) is 2. The van der Waals surface area contributed by atoms with Gasteiger partial charge in [-0.1, -0.05) is 42.5 Å². The lowest BCUT2D eigenvalue weighted by molar-refractivity contribution is 0.628. The van der Waals surface area contributed by atoms with Crippen LogP contribution in [0.4, 0.5) is 4.39 Å². The zero-order valence-corrected chi connectivity index (χ0v) is 12.3. The molecule has 2 nitrogen and oxygen atoms in total. The van der Waals surface area contributed by atoms with Crippen LogP contribution >= 0.6 is 0 Å². The van der Waals surface area contributed by atoms with E-state index in [0.717, 1.165) is 33.2 Å². The summed E-state index contributed by atoms with van der Waals surface area (Å²) < 4.78 is 13.6. The first-order valence-electron chi connectivity index (χ1n) is 7.36. The fraction of sp³-hybridized carbons (Fsp3) is 0. The van der Waals surface area contributed by atoms with Crippen molar-refractivity contribution in [1.82, 2.24) is 9.97 Å². The average molecular weight is 300 g/mol. The van der Waals surface area contributed by atoms with Gasteiger partial charge in [0.05, 0.1) is 5.52 Å². The molecule has 3 aromatic carbocycles. The summed E-state index contributed by atoms with van der Waals surface area (Å²) in [6.07, 6.45) is 3.35. The van der Waals surface area contributed by atoms with Gasteiger partial charge in [0.15, 0.2) is 0 Å². The molecule has 0 amide bonds. The van der Waals surface area contributed by atoms with Gasteiger partial charge in [-0.25, -0.2) is 14.4 Å². The smallest absolute Gasteiger partial charge is 0.123 e. The van der Waals surface area contributed by atoms with E-state index in [9.17, 15) is 4.39 Å². The molecule has 0 aliphatic heterocycles. The first-order valence-corrected chi connectivity index (χ1v) is 7.36. The number of hydrogen-bond donors (Lipinski definition) is 0. The minimum absolute atomic E-state index is 0.232. The minimum Gasteiger partial charge on any atom is -0.244 e. The van der Waals surface area contributed by atoms with Crippen LogP contribution in [0.15, 0.2) is 79.3 Å².